The molecule has 140 valence electrons. The third kappa shape index (κ3) is 2.44. The zero-order valence-electron chi connectivity index (χ0n) is 15.7. The number of fused-ring (bicyclic) bond motifs is 2. The van der Waals surface area contributed by atoms with Gasteiger partial charge in [0.25, 0.3) is 0 Å². The smallest absolute Gasteiger partial charge is 0.223 e. The number of benzene rings is 3. The SMILES string of the molecule is COc1ccc2cccc3c2c1CCN1C(=O)C[C@H](C(=O)c2ccccc2)[C@@H]31. The lowest BCUT2D eigenvalue weighted by Gasteiger charge is -2.27. The normalized spacial score (nSPS) is 20.8. The molecule has 3 aromatic carbocycles. The number of ether oxygens (including phenoxy) is 1. The van der Waals surface area contributed by atoms with E-state index < -0.39 is 0 Å². The molecule has 0 unspecified atom stereocenters. The molecule has 2 atom stereocenters. The second kappa shape index (κ2) is 6.48. The second-order valence-corrected chi connectivity index (χ2v) is 7.51. The number of rotatable bonds is 3. The number of Topliss-reactive ketones (excluding diaryl/α,β-unsaturated/α-hetero) is 1. The Kier molecular flexibility index (Phi) is 3.93. The van der Waals surface area contributed by atoms with E-state index in [9.17, 15) is 9.59 Å². The van der Waals surface area contributed by atoms with Crippen LogP contribution in [0.2, 0.25) is 0 Å². The Bertz CT molecular complexity index is 1090. The molecule has 1 amide bonds. The maximum Gasteiger partial charge on any atom is 0.223 e. The van der Waals surface area contributed by atoms with Gasteiger partial charge in [-0.2, -0.15) is 0 Å². The number of hydrogen-bond acceptors (Lipinski definition) is 3. The van der Waals surface area contributed by atoms with Gasteiger partial charge in [0.2, 0.25) is 5.91 Å². The molecule has 28 heavy (non-hydrogen) atoms. The molecule has 0 aliphatic carbocycles. The van der Waals surface area contributed by atoms with Crippen LogP contribution in [0, 0.1) is 5.92 Å². The highest BCUT2D eigenvalue weighted by atomic mass is 16.5. The van der Waals surface area contributed by atoms with Gasteiger partial charge in [-0.25, -0.2) is 0 Å². The van der Waals surface area contributed by atoms with Crippen LogP contribution in [0.3, 0.4) is 0 Å². The van der Waals surface area contributed by atoms with Crippen molar-refractivity contribution in [3.63, 3.8) is 0 Å². The maximum absolute atomic E-state index is 13.3. The van der Waals surface area contributed by atoms with Gasteiger partial charge >= 0.3 is 0 Å². The summed E-state index contributed by atoms with van der Waals surface area (Å²) in [4.78, 5) is 28.1. The third-order valence-electron chi connectivity index (χ3n) is 6.11. The zero-order chi connectivity index (χ0) is 19.3. The molecular weight excluding hydrogens is 350 g/mol. The van der Waals surface area contributed by atoms with E-state index in [1.54, 1.807) is 7.11 Å². The molecule has 0 saturated carbocycles. The first-order valence-corrected chi connectivity index (χ1v) is 9.66. The predicted octanol–water partition coefficient (Wildman–Crippen LogP) is 4.18. The maximum atomic E-state index is 13.3. The van der Waals surface area contributed by atoms with E-state index in [0.717, 1.165) is 34.1 Å². The summed E-state index contributed by atoms with van der Waals surface area (Å²) in [6.07, 6.45) is 1.00. The lowest BCUT2D eigenvalue weighted by Crippen LogP contribution is -2.31. The Morgan fingerprint density at radius 2 is 1.86 bits per heavy atom. The highest BCUT2D eigenvalue weighted by molar-refractivity contribution is 6.03. The summed E-state index contributed by atoms with van der Waals surface area (Å²) in [5.74, 6) is 0.588. The zero-order valence-corrected chi connectivity index (χ0v) is 15.7. The van der Waals surface area contributed by atoms with E-state index >= 15 is 0 Å². The molecule has 4 heteroatoms. The van der Waals surface area contributed by atoms with E-state index in [-0.39, 0.29) is 30.1 Å². The molecule has 1 fully saturated rings. The van der Waals surface area contributed by atoms with Crippen molar-refractivity contribution < 1.29 is 14.3 Å². The fraction of sp³-hybridized carbons (Fsp3) is 0.250. The lowest BCUT2D eigenvalue weighted by atomic mass is 9.84. The molecule has 2 aliphatic heterocycles. The first-order valence-electron chi connectivity index (χ1n) is 9.66. The number of ketones is 1. The molecule has 5 rings (SSSR count). The van der Waals surface area contributed by atoms with Crippen LogP contribution in [0.4, 0.5) is 0 Å². The van der Waals surface area contributed by atoms with Crippen LogP contribution < -0.4 is 4.74 Å². The van der Waals surface area contributed by atoms with Crippen LogP contribution in [0.5, 0.6) is 5.75 Å². The minimum absolute atomic E-state index is 0.0461. The summed E-state index contributed by atoms with van der Waals surface area (Å²) in [5, 5.41) is 2.26. The molecule has 1 saturated heterocycles. The summed E-state index contributed by atoms with van der Waals surface area (Å²) in [6.45, 7) is 0.603. The first kappa shape index (κ1) is 17.0. The highest BCUT2D eigenvalue weighted by Crippen LogP contribution is 2.46. The largest absolute Gasteiger partial charge is 0.496 e. The Morgan fingerprint density at radius 3 is 2.64 bits per heavy atom. The Morgan fingerprint density at radius 1 is 1.04 bits per heavy atom. The average molecular weight is 371 g/mol. The molecule has 2 aliphatic rings. The van der Waals surface area contributed by atoms with Crippen molar-refractivity contribution in [2.45, 2.75) is 18.9 Å². The van der Waals surface area contributed by atoms with Crippen LogP contribution in [-0.4, -0.2) is 30.2 Å². The molecule has 0 spiro atoms. The van der Waals surface area contributed by atoms with E-state index in [4.69, 9.17) is 4.74 Å². The summed E-state index contributed by atoms with van der Waals surface area (Å²) in [7, 11) is 1.68. The van der Waals surface area contributed by atoms with E-state index in [0.29, 0.717) is 12.1 Å². The van der Waals surface area contributed by atoms with Gasteiger partial charge in [-0.3, -0.25) is 9.59 Å². The number of nitrogens with zero attached hydrogens (tertiary/aromatic N) is 1. The molecule has 0 aromatic heterocycles. The number of amides is 1. The first-order chi connectivity index (χ1) is 13.7. The average Bonchev–Trinajstić information content (AvgIpc) is 2.96. The third-order valence-corrected chi connectivity index (χ3v) is 6.11. The minimum atomic E-state index is -0.363. The molecule has 0 bridgehead atoms. The van der Waals surface area contributed by atoms with Crippen molar-refractivity contribution in [1.82, 2.24) is 4.90 Å². The van der Waals surface area contributed by atoms with Gasteiger partial charge in [-0.1, -0.05) is 54.6 Å². The van der Waals surface area contributed by atoms with Gasteiger partial charge < -0.3 is 9.64 Å². The van der Waals surface area contributed by atoms with E-state index in [1.807, 2.05) is 47.4 Å². The van der Waals surface area contributed by atoms with Crippen LogP contribution in [-0.2, 0) is 11.2 Å². The molecular formula is C24H21NO3. The van der Waals surface area contributed by atoms with Gasteiger partial charge in [0.05, 0.1) is 19.1 Å². The van der Waals surface area contributed by atoms with Crippen molar-refractivity contribution in [3.05, 3.63) is 77.4 Å². The van der Waals surface area contributed by atoms with Crippen LogP contribution in [0.1, 0.15) is 33.9 Å². The van der Waals surface area contributed by atoms with Gasteiger partial charge in [0.1, 0.15) is 5.75 Å². The molecule has 0 N–H and O–H groups in total. The van der Waals surface area contributed by atoms with Crippen LogP contribution in [0.25, 0.3) is 10.8 Å². The van der Waals surface area contributed by atoms with Gasteiger partial charge in [0.15, 0.2) is 5.78 Å². The van der Waals surface area contributed by atoms with Gasteiger partial charge in [-0.15, -0.1) is 0 Å². The minimum Gasteiger partial charge on any atom is -0.496 e. The summed E-state index contributed by atoms with van der Waals surface area (Å²) in [5.41, 5.74) is 2.86. The van der Waals surface area contributed by atoms with Crippen molar-refractivity contribution in [3.8, 4) is 5.75 Å². The summed E-state index contributed by atoms with van der Waals surface area (Å²) >= 11 is 0. The standard InChI is InChI=1S/C24H21NO3/c1-28-20-11-10-15-8-5-9-18-22(15)17(20)12-13-25-21(26)14-19(23(18)25)24(27)16-6-3-2-4-7-16/h2-11,19,23H,12-14H2,1H3/t19-,23+/m0/s1. The Balaban J connectivity index is 1.70. The molecule has 2 heterocycles. The number of carbonyl (C=O) groups is 2. The summed E-state index contributed by atoms with van der Waals surface area (Å²) in [6, 6.07) is 19.3. The van der Waals surface area contributed by atoms with Crippen LogP contribution >= 0.6 is 0 Å². The number of methoxy groups -OCH3 is 1. The monoisotopic (exact) mass is 371 g/mol. The summed E-state index contributed by atoms with van der Waals surface area (Å²) < 4.78 is 5.61. The van der Waals surface area contributed by atoms with E-state index in [1.165, 1.54) is 0 Å². The predicted molar refractivity (Wildman–Crippen MR) is 108 cm³/mol. The number of hydrogen-bond donors (Lipinski definition) is 0. The fourth-order valence-electron chi connectivity index (χ4n) is 4.87. The Labute approximate surface area is 163 Å². The van der Waals surface area contributed by atoms with Crippen molar-refractivity contribution in [1.29, 1.82) is 0 Å². The van der Waals surface area contributed by atoms with Gasteiger partial charge in [-0.05, 0) is 28.8 Å². The number of carbonyl (C=O) groups excluding carboxylic acids is 2. The van der Waals surface area contributed by atoms with Crippen molar-refractivity contribution in [2.24, 2.45) is 5.92 Å². The van der Waals surface area contributed by atoms with E-state index in [2.05, 4.69) is 18.2 Å². The second-order valence-electron chi connectivity index (χ2n) is 7.51. The van der Waals surface area contributed by atoms with Crippen molar-refractivity contribution in [2.75, 3.05) is 13.7 Å². The quantitative estimate of drug-likeness (QED) is 0.649. The lowest BCUT2D eigenvalue weighted by molar-refractivity contribution is -0.128. The van der Waals surface area contributed by atoms with Crippen LogP contribution in [0.15, 0.2) is 60.7 Å². The fourth-order valence-corrected chi connectivity index (χ4v) is 4.87. The topological polar surface area (TPSA) is 46.6 Å². The molecule has 3 aromatic rings. The van der Waals surface area contributed by atoms with Gasteiger partial charge in [0, 0.05) is 24.1 Å². The molecule has 4 nitrogen and oxygen atoms in total. The van der Waals surface area contributed by atoms with Crippen molar-refractivity contribution >= 4 is 22.5 Å². The molecule has 0 radical (unpaired) electrons. The Hall–Kier alpha value is -3.14. The highest BCUT2D eigenvalue weighted by Gasteiger charge is 2.46.